The largest absolute Gasteiger partial charge is 0.369 e. The monoisotopic (exact) mass is 152 g/mol. The Hall–Kier alpha value is -1.16. The summed E-state index contributed by atoms with van der Waals surface area (Å²) in [4.78, 5) is 8.15. The van der Waals surface area contributed by atoms with E-state index in [4.69, 9.17) is 5.73 Å². The van der Waals surface area contributed by atoms with Gasteiger partial charge in [0.2, 0.25) is 0 Å². The predicted molar refractivity (Wildman–Crippen MR) is 44.1 cm³/mol. The normalized spacial score (nSPS) is 9.64. The van der Waals surface area contributed by atoms with Crippen molar-refractivity contribution in [2.75, 3.05) is 11.9 Å². The lowest BCUT2D eigenvalue weighted by Crippen LogP contribution is -2.08. The first-order chi connectivity index (χ1) is 5.38. The van der Waals surface area contributed by atoms with Crippen molar-refractivity contribution in [2.24, 2.45) is 5.73 Å². The summed E-state index contributed by atoms with van der Waals surface area (Å²) in [7, 11) is 0. The topological polar surface area (TPSA) is 63.8 Å². The number of rotatable bonds is 3. The fraction of sp³-hybridized carbons (Fsp3) is 0.429. The van der Waals surface area contributed by atoms with Gasteiger partial charge in [0.05, 0.1) is 5.69 Å². The van der Waals surface area contributed by atoms with E-state index in [1.807, 2.05) is 6.92 Å². The lowest BCUT2D eigenvalue weighted by molar-refractivity contribution is 0.956. The van der Waals surface area contributed by atoms with Gasteiger partial charge >= 0.3 is 0 Å². The minimum Gasteiger partial charge on any atom is -0.369 e. The van der Waals surface area contributed by atoms with Gasteiger partial charge in [-0.05, 0) is 6.92 Å². The molecule has 0 aliphatic rings. The molecular weight excluding hydrogens is 140 g/mol. The summed E-state index contributed by atoms with van der Waals surface area (Å²) in [5.41, 5.74) is 6.25. The molecule has 1 aromatic heterocycles. The maximum atomic E-state index is 5.44. The van der Waals surface area contributed by atoms with Gasteiger partial charge in [-0.1, -0.05) is 0 Å². The minimum absolute atomic E-state index is 0.427. The highest BCUT2D eigenvalue weighted by Gasteiger charge is 1.99. The molecule has 3 N–H and O–H groups in total. The van der Waals surface area contributed by atoms with Gasteiger partial charge in [0.1, 0.15) is 5.82 Å². The molecule has 60 valence electrons. The Balaban J connectivity index is 2.83. The zero-order chi connectivity index (χ0) is 8.10. The van der Waals surface area contributed by atoms with Gasteiger partial charge in [-0.15, -0.1) is 0 Å². The average molecular weight is 152 g/mol. The molecule has 0 bridgehead atoms. The molecule has 0 spiro atoms. The van der Waals surface area contributed by atoms with E-state index in [-0.39, 0.29) is 0 Å². The van der Waals surface area contributed by atoms with Crippen molar-refractivity contribution in [3.8, 4) is 0 Å². The van der Waals surface area contributed by atoms with Crippen LogP contribution in [-0.2, 0) is 6.54 Å². The second-order valence-corrected chi connectivity index (χ2v) is 2.09. The SMILES string of the molecule is CCNc1nccnc1CN. The van der Waals surface area contributed by atoms with Crippen molar-refractivity contribution < 1.29 is 0 Å². The summed E-state index contributed by atoms with van der Waals surface area (Å²) in [6.07, 6.45) is 3.29. The van der Waals surface area contributed by atoms with E-state index >= 15 is 0 Å². The van der Waals surface area contributed by atoms with E-state index in [0.717, 1.165) is 18.1 Å². The zero-order valence-corrected chi connectivity index (χ0v) is 6.54. The summed E-state index contributed by atoms with van der Waals surface area (Å²) in [5, 5.41) is 3.07. The molecule has 1 rings (SSSR count). The molecule has 0 radical (unpaired) electrons. The van der Waals surface area contributed by atoms with Crippen LogP contribution in [0.4, 0.5) is 5.82 Å². The molecule has 0 aliphatic carbocycles. The first-order valence-corrected chi connectivity index (χ1v) is 3.62. The molecule has 0 aromatic carbocycles. The molecule has 4 nitrogen and oxygen atoms in total. The number of nitrogens with one attached hydrogen (secondary N) is 1. The van der Waals surface area contributed by atoms with Crippen LogP contribution in [0.3, 0.4) is 0 Å². The van der Waals surface area contributed by atoms with Gasteiger partial charge in [-0.3, -0.25) is 4.98 Å². The van der Waals surface area contributed by atoms with Crippen LogP contribution in [0.2, 0.25) is 0 Å². The fourth-order valence-electron chi connectivity index (χ4n) is 0.831. The van der Waals surface area contributed by atoms with Crippen LogP contribution in [0, 0.1) is 0 Å². The lowest BCUT2D eigenvalue weighted by Gasteiger charge is -2.04. The van der Waals surface area contributed by atoms with Gasteiger partial charge < -0.3 is 11.1 Å². The van der Waals surface area contributed by atoms with Crippen molar-refractivity contribution >= 4 is 5.82 Å². The van der Waals surface area contributed by atoms with Crippen LogP contribution in [0.15, 0.2) is 12.4 Å². The van der Waals surface area contributed by atoms with Gasteiger partial charge in [0.15, 0.2) is 0 Å². The van der Waals surface area contributed by atoms with Crippen LogP contribution in [0.25, 0.3) is 0 Å². The van der Waals surface area contributed by atoms with Crippen molar-refractivity contribution in [1.29, 1.82) is 0 Å². The molecule has 11 heavy (non-hydrogen) atoms. The number of anilines is 1. The minimum atomic E-state index is 0.427. The van der Waals surface area contributed by atoms with Crippen molar-refractivity contribution in [3.05, 3.63) is 18.1 Å². The van der Waals surface area contributed by atoms with Gasteiger partial charge in [0, 0.05) is 25.5 Å². The third kappa shape index (κ3) is 1.88. The number of nitrogens with zero attached hydrogens (tertiary/aromatic N) is 2. The molecule has 1 heterocycles. The van der Waals surface area contributed by atoms with Crippen LogP contribution >= 0.6 is 0 Å². The number of hydrogen-bond acceptors (Lipinski definition) is 4. The zero-order valence-electron chi connectivity index (χ0n) is 6.54. The van der Waals surface area contributed by atoms with Crippen LogP contribution in [0.5, 0.6) is 0 Å². The molecule has 0 saturated carbocycles. The highest BCUT2D eigenvalue weighted by Crippen LogP contribution is 2.05. The third-order valence-electron chi connectivity index (χ3n) is 1.31. The Morgan fingerprint density at radius 1 is 1.45 bits per heavy atom. The quantitative estimate of drug-likeness (QED) is 0.656. The van der Waals surface area contributed by atoms with E-state index in [9.17, 15) is 0 Å². The molecule has 0 saturated heterocycles. The summed E-state index contributed by atoms with van der Waals surface area (Å²) in [5.74, 6) is 0.789. The number of nitrogens with two attached hydrogens (primary N) is 1. The summed E-state index contributed by atoms with van der Waals surface area (Å²) < 4.78 is 0. The Morgan fingerprint density at radius 3 is 2.82 bits per heavy atom. The second-order valence-electron chi connectivity index (χ2n) is 2.09. The average Bonchev–Trinajstić information content (AvgIpc) is 2.06. The van der Waals surface area contributed by atoms with Crippen LogP contribution in [-0.4, -0.2) is 16.5 Å². The second kappa shape index (κ2) is 3.88. The number of hydrogen-bond donors (Lipinski definition) is 2. The molecule has 1 aromatic rings. The first kappa shape index (κ1) is 7.94. The standard InChI is InChI=1S/C7H12N4/c1-2-9-7-6(5-8)10-3-4-11-7/h3-4H,2,5,8H2,1H3,(H,9,11). The van der Waals surface area contributed by atoms with E-state index in [2.05, 4.69) is 15.3 Å². The highest BCUT2D eigenvalue weighted by atomic mass is 15.0. The van der Waals surface area contributed by atoms with Crippen molar-refractivity contribution in [1.82, 2.24) is 9.97 Å². The maximum Gasteiger partial charge on any atom is 0.149 e. The van der Waals surface area contributed by atoms with E-state index in [1.54, 1.807) is 12.4 Å². The Morgan fingerprint density at radius 2 is 2.18 bits per heavy atom. The van der Waals surface area contributed by atoms with Gasteiger partial charge in [-0.25, -0.2) is 4.98 Å². The lowest BCUT2D eigenvalue weighted by atomic mass is 10.4. The summed E-state index contributed by atoms with van der Waals surface area (Å²) in [6, 6.07) is 0. The first-order valence-electron chi connectivity index (χ1n) is 3.62. The molecule has 4 heteroatoms. The molecular formula is C7H12N4. The summed E-state index contributed by atoms with van der Waals surface area (Å²) >= 11 is 0. The third-order valence-corrected chi connectivity index (χ3v) is 1.31. The number of aromatic nitrogens is 2. The maximum absolute atomic E-state index is 5.44. The highest BCUT2D eigenvalue weighted by molar-refractivity contribution is 5.38. The fourth-order valence-corrected chi connectivity index (χ4v) is 0.831. The van der Waals surface area contributed by atoms with Gasteiger partial charge in [0.25, 0.3) is 0 Å². The molecule has 0 aliphatic heterocycles. The Kier molecular flexibility index (Phi) is 2.80. The van der Waals surface area contributed by atoms with Crippen LogP contribution < -0.4 is 11.1 Å². The van der Waals surface area contributed by atoms with Crippen molar-refractivity contribution in [3.63, 3.8) is 0 Å². The molecule has 0 amide bonds. The van der Waals surface area contributed by atoms with E-state index < -0.39 is 0 Å². The van der Waals surface area contributed by atoms with E-state index in [0.29, 0.717) is 6.54 Å². The summed E-state index contributed by atoms with van der Waals surface area (Å²) in [6.45, 7) is 3.27. The van der Waals surface area contributed by atoms with E-state index in [1.165, 1.54) is 0 Å². The van der Waals surface area contributed by atoms with Gasteiger partial charge in [-0.2, -0.15) is 0 Å². The molecule has 0 fully saturated rings. The van der Waals surface area contributed by atoms with Crippen molar-refractivity contribution in [2.45, 2.75) is 13.5 Å². The predicted octanol–water partition coefficient (Wildman–Crippen LogP) is 0.367. The Labute approximate surface area is 65.9 Å². The smallest absolute Gasteiger partial charge is 0.149 e. The Bertz CT molecular complexity index is 223. The van der Waals surface area contributed by atoms with Crippen LogP contribution in [0.1, 0.15) is 12.6 Å². The molecule has 0 atom stereocenters. The molecule has 0 unspecified atom stereocenters.